The van der Waals surface area contributed by atoms with Crippen molar-refractivity contribution in [1.82, 2.24) is 15.2 Å². The number of H-pyrrole nitrogens is 1. The Kier molecular flexibility index (Phi) is 4.71. The Morgan fingerprint density at radius 2 is 2.12 bits per heavy atom. The zero-order chi connectivity index (χ0) is 16.8. The van der Waals surface area contributed by atoms with Crippen LogP contribution in [0.1, 0.15) is 5.56 Å². The number of aliphatic imine (C=N–C) groups is 1. The largest absolute Gasteiger partial charge is 0.495 e. The Labute approximate surface area is 139 Å². The molecule has 122 valence electrons. The number of methoxy groups -OCH3 is 1. The second-order valence-corrected chi connectivity index (χ2v) is 5.06. The molecule has 1 heterocycles. The van der Waals surface area contributed by atoms with E-state index in [1.54, 1.807) is 7.11 Å². The van der Waals surface area contributed by atoms with Crippen molar-refractivity contribution in [2.24, 2.45) is 10.7 Å². The molecular weight excluding hydrogens is 304 g/mol. The van der Waals surface area contributed by atoms with E-state index in [2.05, 4.69) is 25.5 Å². The fraction of sp³-hybridized carbons (Fsp3) is 0.118. The smallest absolute Gasteiger partial charge is 0.193 e. The van der Waals surface area contributed by atoms with Crippen molar-refractivity contribution < 1.29 is 4.74 Å². The molecule has 0 radical (unpaired) electrons. The Morgan fingerprint density at radius 1 is 1.25 bits per heavy atom. The van der Waals surface area contributed by atoms with Gasteiger partial charge in [-0.15, -0.1) is 0 Å². The molecular formula is C17H18N6O. The van der Waals surface area contributed by atoms with Crippen LogP contribution in [0.3, 0.4) is 0 Å². The third kappa shape index (κ3) is 3.70. The highest BCUT2D eigenvalue weighted by molar-refractivity contribution is 5.93. The van der Waals surface area contributed by atoms with Crippen LogP contribution in [0.4, 0.5) is 5.69 Å². The molecule has 0 aliphatic heterocycles. The van der Waals surface area contributed by atoms with E-state index in [1.807, 2.05) is 48.5 Å². The fourth-order valence-electron chi connectivity index (χ4n) is 2.26. The molecule has 3 aromatic rings. The summed E-state index contributed by atoms with van der Waals surface area (Å²) in [4.78, 5) is 8.51. The van der Waals surface area contributed by atoms with Gasteiger partial charge in [0.05, 0.1) is 19.3 Å². The van der Waals surface area contributed by atoms with Gasteiger partial charge < -0.3 is 15.8 Å². The summed E-state index contributed by atoms with van der Waals surface area (Å²) in [5, 5.41) is 9.75. The number of anilines is 1. The van der Waals surface area contributed by atoms with Crippen LogP contribution >= 0.6 is 0 Å². The topological polar surface area (TPSA) is 101 Å². The predicted octanol–water partition coefficient (Wildman–Crippen LogP) is 2.41. The molecule has 0 unspecified atom stereocenters. The Bertz CT molecular complexity index is 829. The number of aromatic amines is 1. The molecule has 0 aliphatic rings. The number of nitrogens with one attached hydrogen (secondary N) is 2. The summed E-state index contributed by atoms with van der Waals surface area (Å²) in [6.07, 6.45) is 1.48. The molecule has 0 spiro atoms. The highest BCUT2D eigenvalue weighted by atomic mass is 16.5. The number of guanidine groups is 1. The third-order valence-corrected chi connectivity index (χ3v) is 3.42. The molecule has 0 amide bonds. The average Bonchev–Trinajstić information content (AvgIpc) is 3.15. The lowest BCUT2D eigenvalue weighted by molar-refractivity contribution is 0.417. The van der Waals surface area contributed by atoms with Crippen molar-refractivity contribution in [2.75, 3.05) is 12.4 Å². The van der Waals surface area contributed by atoms with Gasteiger partial charge in [-0.2, -0.15) is 5.10 Å². The zero-order valence-electron chi connectivity index (χ0n) is 13.2. The SMILES string of the molecule is COc1ccccc1NC(N)=NCc1cccc(-c2ncn[nH]2)c1. The molecule has 0 bridgehead atoms. The second-order valence-electron chi connectivity index (χ2n) is 5.06. The van der Waals surface area contributed by atoms with Gasteiger partial charge in [0, 0.05) is 5.56 Å². The number of rotatable bonds is 5. The summed E-state index contributed by atoms with van der Waals surface area (Å²) in [6.45, 7) is 0.454. The first kappa shape index (κ1) is 15.5. The van der Waals surface area contributed by atoms with Gasteiger partial charge >= 0.3 is 0 Å². The lowest BCUT2D eigenvalue weighted by Crippen LogP contribution is -2.22. The molecule has 0 saturated carbocycles. The van der Waals surface area contributed by atoms with Crippen LogP contribution in [0.25, 0.3) is 11.4 Å². The van der Waals surface area contributed by atoms with E-state index in [0.29, 0.717) is 18.3 Å². The number of hydrogen-bond acceptors (Lipinski definition) is 4. The molecule has 7 nitrogen and oxygen atoms in total. The van der Waals surface area contributed by atoms with Crippen LogP contribution in [-0.4, -0.2) is 28.3 Å². The van der Waals surface area contributed by atoms with Crippen molar-refractivity contribution in [2.45, 2.75) is 6.54 Å². The van der Waals surface area contributed by atoms with Crippen LogP contribution in [0.15, 0.2) is 59.9 Å². The highest BCUT2D eigenvalue weighted by Crippen LogP contribution is 2.22. The van der Waals surface area contributed by atoms with Crippen molar-refractivity contribution in [1.29, 1.82) is 0 Å². The molecule has 0 fully saturated rings. The Morgan fingerprint density at radius 3 is 2.92 bits per heavy atom. The van der Waals surface area contributed by atoms with Gasteiger partial charge in [-0.25, -0.2) is 9.98 Å². The number of para-hydroxylation sites is 2. The monoisotopic (exact) mass is 322 g/mol. The molecule has 0 aliphatic carbocycles. The van der Waals surface area contributed by atoms with Gasteiger partial charge in [-0.05, 0) is 23.8 Å². The first-order chi connectivity index (χ1) is 11.8. The van der Waals surface area contributed by atoms with Gasteiger partial charge in [0.2, 0.25) is 0 Å². The first-order valence-electron chi connectivity index (χ1n) is 7.41. The minimum absolute atomic E-state index is 0.324. The number of nitrogens with zero attached hydrogens (tertiary/aromatic N) is 3. The molecule has 1 aromatic heterocycles. The van der Waals surface area contributed by atoms with Crippen molar-refractivity contribution in [3.05, 3.63) is 60.4 Å². The van der Waals surface area contributed by atoms with Crippen LogP contribution in [0.2, 0.25) is 0 Å². The maximum Gasteiger partial charge on any atom is 0.193 e. The molecule has 0 atom stereocenters. The quantitative estimate of drug-likeness (QED) is 0.494. The second kappa shape index (κ2) is 7.28. The lowest BCUT2D eigenvalue weighted by atomic mass is 10.1. The van der Waals surface area contributed by atoms with E-state index in [9.17, 15) is 0 Å². The van der Waals surface area contributed by atoms with E-state index >= 15 is 0 Å². The maximum absolute atomic E-state index is 5.96. The van der Waals surface area contributed by atoms with Crippen LogP contribution in [-0.2, 0) is 6.54 Å². The number of ether oxygens (including phenoxy) is 1. The van der Waals surface area contributed by atoms with E-state index in [-0.39, 0.29) is 0 Å². The van der Waals surface area contributed by atoms with E-state index in [0.717, 1.165) is 22.6 Å². The standard InChI is InChI=1S/C17H18N6O/c1-24-15-8-3-2-7-14(15)22-17(18)19-10-12-5-4-6-13(9-12)16-20-11-21-23-16/h2-9,11H,10H2,1H3,(H3,18,19,22)(H,20,21,23). The minimum atomic E-state index is 0.324. The van der Waals surface area contributed by atoms with E-state index < -0.39 is 0 Å². The molecule has 2 aromatic carbocycles. The van der Waals surface area contributed by atoms with E-state index in [1.165, 1.54) is 6.33 Å². The summed E-state index contributed by atoms with van der Waals surface area (Å²) < 4.78 is 5.28. The molecule has 0 saturated heterocycles. The summed E-state index contributed by atoms with van der Waals surface area (Å²) in [5.74, 6) is 1.76. The van der Waals surface area contributed by atoms with Crippen molar-refractivity contribution >= 4 is 11.6 Å². The number of hydrogen-bond donors (Lipinski definition) is 3. The van der Waals surface area contributed by atoms with Crippen molar-refractivity contribution in [3.8, 4) is 17.1 Å². The van der Waals surface area contributed by atoms with Gasteiger partial charge in [-0.1, -0.05) is 30.3 Å². The number of nitrogens with two attached hydrogens (primary N) is 1. The van der Waals surface area contributed by atoms with Gasteiger partial charge in [0.25, 0.3) is 0 Å². The lowest BCUT2D eigenvalue weighted by Gasteiger charge is -2.10. The predicted molar refractivity (Wildman–Crippen MR) is 93.8 cm³/mol. The summed E-state index contributed by atoms with van der Waals surface area (Å²) in [6, 6.07) is 15.4. The highest BCUT2D eigenvalue weighted by Gasteiger charge is 2.04. The number of benzene rings is 2. The van der Waals surface area contributed by atoms with Gasteiger partial charge in [-0.3, -0.25) is 5.10 Å². The van der Waals surface area contributed by atoms with Crippen LogP contribution < -0.4 is 15.8 Å². The maximum atomic E-state index is 5.96. The molecule has 7 heteroatoms. The van der Waals surface area contributed by atoms with Crippen molar-refractivity contribution in [3.63, 3.8) is 0 Å². The number of aromatic nitrogens is 3. The van der Waals surface area contributed by atoms with Crippen LogP contribution in [0.5, 0.6) is 5.75 Å². The average molecular weight is 322 g/mol. The third-order valence-electron chi connectivity index (χ3n) is 3.42. The normalized spacial score (nSPS) is 11.3. The Hall–Kier alpha value is -3.35. The first-order valence-corrected chi connectivity index (χ1v) is 7.41. The fourth-order valence-corrected chi connectivity index (χ4v) is 2.26. The summed E-state index contributed by atoms with van der Waals surface area (Å²) in [7, 11) is 1.61. The summed E-state index contributed by atoms with van der Waals surface area (Å²) in [5.41, 5.74) is 8.72. The van der Waals surface area contributed by atoms with Crippen LogP contribution in [0, 0.1) is 0 Å². The molecule has 24 heavy (non-hydrogen) atoms. The molecule has 3 rings (SSSR count). The van der Waals surface area contributed by atoms with E-state index in [4.69, 9.17) is 10.5 Å². The summed E-state index contributed by atoms with van der Waals surface area (Å²) >= 11 is 0. The zero-order valence-corrected chi connectivity index (χ0v) is 13.2. The van der Waals surface area contributed by atoms with Gasteiger partial charge in [0.15, 0.2) is 11.8 Å². The minimum Gasteiger partial charge on any atom is -0.495 e. The van der Waals surface area contributed by atoms with Gasteiger partial charge in [0.1, 0.15) is 12.1 Å². The Balaban J connectivity index is 1.70. The molecule has 4 N–H and O–H groups in total.